The molecule has 3 rings (SSSR count). The van der Waals surface area contributed by atoms with Crippen LogP contribution in [0.4, 0.5) is 21.4 Å². The van der Waals surface area contributed by atoms with Crippen LogP contribution in [0.5, 0.6) is 5.75 Å². The molecule has 5 N–H and O–H groups in total. The summed E-state index contributed by atoms with van der Waals surface area (Å²) >= 11 is 2.03. The first kappa shape index (κ1) is 30.1. The lowest BCUT2D eigenvalue weighted by Crippen LogP contribution is -2.41. The number of carbonyl (C=O) groups is 2. The summed E-state index contributed by atoms with van der Waals surface area (Å²) in [6, 6.07) is 3.41. The van der Waals surface area contributed by atoms with Gasteiger partial charge in [0.1, 0.15) is 26.2 Å². The number of alkyl carbamates (subject to hydrolysis) is 1. The van der Waals surface area contributed by atoms with Gasteiger partial charge in [-0.25, -0.2) is 19.6 Å². The number of aliphatic hydroxyl groups excluding tert-OH is 1. The van der Waals surface area contributed by atoms with Gasteiger partial charge in [0.25, 0.3) is 0 Å². The Morgan fingerprint density at radius 2 is 1.92 bits per heavy atom. The van der Waals surface area contributed by atoms with E-state index in [4.69, 9.17) is 14.5 Å². The topological polar surface area (TPSA) is 186 Å². The Balaban J connectivity index is 2.13. The van der Waals surface area contributed by atoms with Crippen LogP contribution in [0.3, 0.4) is 0 Å². The van der Waals surface area contributed by atoms with E-state index in [9.17, 15) is 19.8 Å². The van der Waals surface area contributed by atoms with Gasteiger partial charge in [-0.1, -0.05) is 13.3 Å². The van der Waals surface area contributed by atoms with E-state index < -0.39 is 17.7 Å². The Kier molecular flexibility index (Phi) is 10.1. The van der Waals surface area contributed by atoms with Gasteiger partial charge in [-0.05, 0) is 61.4 Å². The van der Waals surface area contributed by atoms with Gasteiger partial charge in [0.15, 0.2) is 5.82 Å². The highest BCUT2D eigenvalue weighted by Gasteiger charge is 2.27. The van der Waals surface area contributed by atoms with Crippen molar-refractivity contribution in [1.29, 1.82) is 0 Å². The van der Waals surface area contributed by atoms with Gasteiger partial charge in [0.05, 0.1) is 32.0 Å². The predicted molar refractivity (Wildman–Crippen MR) is 152 cm³/mol. The molecular weight excluding hydrogens is 623 g/mol. The average Bonchev–Trinajstić information content (AvgIpc) is 3.18. The van der Waals surface area contributed by atoms with Crippen molar-refractivity contribution in [3.63, 3.8) is 0 Å². The third-order valence-corrected chi connectivity index (χ3v) is 6.64. The maximum atomic E-state index is 11.9. The van der Waals surface area contributed by atoms with Crippen molar-refractivity contribution in [1.82, 2.24) is 30.0 Å². The van der Waals surface area contributed by atoms with Crippen LogP contribution in [0, 0.1) is 3.70 Å². The number of anilines is 2. The maximum Gasteiger partial charge on any atom is 0.411 e. The molecule has 0 aliphatic heterocycles. The largest absolute Gasteiger partial charge is 0.495 e. The van der Waals surface area contributed by atoms with Crippen LogP contribution in [0.2, 0.25) is 0 Å². The Morgan fingerprint density at radius 1 is 1.18 bits per heavy atom. The minimum atomic E-state index is -1.29. The van der Waals surface area contributed by atoms with Crippen LogP contribution in [-0.4, -0.2) is 74.0 Å². The monoisotopic (exact) mass is 656 g/mol. The molecule has 14 nitrogen and oxygen atoms in total. The fraction of sp³-hybridized carbons (Fsp3) is 0.500. The lowest BCUT2D eigenvalue weighted by Gasteiger charge is -2.26. The number of methoxy groups -OCH3 is 2. The normalized spacial score (nSPS) is 12.2. The molecular formula is C24H33IN8O6. The van der Waals surface area contributed by atoms with Gasteiger partial charge < -0.3 is 30.3 Å². The number of halogens is 1. The van der Waals surface area contributed by atoms with Gasteiger partial charge in [-0.2, -0.15) is 10.1 Å². The van der Waals surface area contributed by atoms with Crippen LogP contribution in [0.25, 0.3) is 11.0 Å². The Labute approximate surface area is 239 Å². The smallest absolute Gasteiger partial charge is 0.411 e. The van der Waals surface area contributed by atoms with Gasteiger partial charge in [0.2, 0.25) is 5.95 Å². The molecule has 1 atom stereocenters. The van der Waals surface area contributed by atoms with E-state index >= 15 is 0 Å². The summed E-state index contributed by atoms with van der Waals surface area (Å²) < 4.78 is 12.5. The van der Waals surface area contributed by atoms with Crippen LogP contribution in [0.15, 0.2) is 12.1 Å². The molecule has 0 aliphatic rings. The molecule has 15 heteroatoms. The van der Waals surface area contributed by atoms with E-state index in [0.29, 0.717) is 44.1 Å². The number of nitrogens with one attached hydrogen (secondary N) is 3. The summed E-state index contributed by atoms with van der Waals surface area (Å²) in [5.74, 6) is 0.784. The minimum Gasteiger partial charge on any atom is -0.495 e. The second-order valence-electron chi connectivity index (χ2n) is 9.20. The third-order valence-electron chi connectivity index (χ3n) is 5.91. The number of aromatic nitrogens is 5. The molecule has 2 amide bonds. The van der Waals surface area contributed by atoms with Crippen molar-refractivity contribution in [2.45, 2.75) is 58.2 Å². The molecule has 39 heavy (non-hydrogen) atoms. The summed E-state index contributed by atoms with van der Waals surface area (Å²) in [5, 5.41) is 31.8. The van der Waals surface area contributed by atoms with Crippen molar-refractivity contribution in [2.24, 2.45) is 0 Å². The molecule has 212 valence electrons. The molecule has 0 fully saturated rings. The van der Waals surface area contributed by atoms with Gasteiger partial charge in [0, 0.05) is 12.6 Å². The second kappa shape index (κ2) is 13.1. The highest BCUT2D eigenvalue weighted by Crippen LogP contribution is 2.30. The lowest BCUT2D eigenvalue weighted by atomic mass is 9.99. The van der Waals surface area contributed by atoms with Crippen molar-refractivity contribution in [2.75, 3.05) is 31.5 Å². The fourth-order valence-electron chi connectivity index (χ4n) is 4.05. The van der Waals surface area contributed by atoms with Crippen molar-refractivity contribution >= 4 is 57.6 Å². The Morgan fingerprint density at radius 3 is 2.54 bits per heavy atom. The molecule has 0 saturated heterocycles. The minimum absolute atomic E-state index is 0.0216. The highest BCUT2D eigenvalue weighted by molar-refractivity contribution is 14.1. The zero-order valence-corrected chi connectivity index (χ0v) is 24.6. The van der Waals surface area contributed by atoms with Crippen LogP contribution in [0.1, 0.15) is 51.4 Å². The number of carbonyl (C=O) groups excluding carboxylic acids is 1. The second-order valence-corrected chi connectivity index (χ2v) is 10.2. The molecule has 0 aromatic carbocycles. The molecule has 0 spiro atoms. The van der Waals surface area contributed by atoms with E-state index in [2.05, 4.69) is 31.0 Å². The molecule has 0 radical (unpaired) electrons. The lowest BCUT2D eigenvalue weighted by molar-refractivity contribution is 0.159. The summed E-state index contributed by atoms with van der Waals surface area (Å²) in [6.45, 7) is 5.78. The van der Waals surface area contributed by atoms with E-state index in [-0.39, 0.29) is 25.1 Å². The number of pyridine rings is 1. The average molecular weight is 656 g/mol. The molecule has 0 saturated carbocycles. The molecule has 3 heterocycles. The zero-order valence-electron chi connectivity index (χ0n) is 22.4. The molecule has 0 unspecified atom stereocenters. The Bertz CT molecular complexity index is 1330. The predicted octanol–water partition coefficient (Wildman–Crippen LogP) is 3.53. The number of aliphatic hydroxyl groups is 1. The quantitative estimate of drug-likeness (QED) is 0.180. The number of carboxylic acid groups (broad SMARTS) is 1. The Hall–Kier alpha value is -3.47. The fourth-order valence-corrected chi connectivity index (χ4v) is 4.68. The number of hydrogen-bond donors (Lipinski definition) is 5. The van der Waals surface area contributed by atoms with Crippen LogP contribution in [-0.2, 0) is 16.8 Å². The first-order valence-corrected chi connectivity index (χ1v) is 13.3. The van der Waals surface area contributed by atoms with E-state index in [1.54, 1.807) is 30.7 Å². The van der Waals surface area contributed by atoms with Crippen LogP contribution >= 0.6 is 22.6 Å². The standard InChI is InChI=1S/C24H33IN8O6/c1-6-7-13(10-11-34)26-20-18-17(28-21(29-20)30-22(35)36)19(25)32-33(18)12-14-15(38-4)8-9-16(27-14)24(2,3)31-23(37)39-5/h8-9,13,34H,6-7,10-12H2,1-5H3,(H,31,37)(H,35,36)(H2,26,28,29,30)/t13-/m0/s1. The van der Waals surface area contributed by atoms with Crippen LogP contribution < -0.4 is 20.7 Å². The molecule has 3 aromatic heterocycles. The SMILES string of the molecule is CCC[C@@H](CCO)Nc1nc(NC(=O)O)nc2c(I)nn(Cc3nc(C(C)(C)NC(=O)OC)ccc3OC)c12. The number of hydrogen-bond acceptors (Lipinski definition) is 10. The number of nitrogens with zero attached hydrogens (tertiary/aromatic N) is 5. The summed E-state index contributed by atoms with van der Waals surface area (Å²) in [4.78, 5) is 36.8. The molecule has 0 aliphatic carbocycles. The van der Waals surface area contributed by atoms with Crippen molar-refractivity contribution in [3.8, 4) is 5.75 Å². The highest BCUT2D eigenvalue weighted by atomic mass is 127. The van der Waals surface area contributed by atoms with Crippen molar-refractivity contribution < 1.29 is 29.3 Å². The first-order valence-electron chi connectivity index (χ1n) is 12.2. The van der Waals surface area contributed by atoms with Gasteiger partial charge in [-0.3, -0.25) is 10.00 Å². The van der Waals surface area contributed by atoms with Gasteiger partial charge >= 0.3 is 12.2 Å². The number of rotatable bonds is 12. The molecule has 3 aromatic rings. The zero-order chi connectivity index (χ0) is 28.7. The summed E-state index contributed by atoms with van der Waals surface area (Å²) in [6.07, 6.45) is 0.226. The number of ether oxygens (including phenoxy) is 2. The van der Waals surface area contributed by atoms with E-state index in [1.807, 2.05) is 29.5 Å². The molecule has 0 bridgehead atoms. The summed E-state index contributed by atoms with van der Waals surface area (Å²) in [7, 11) is 2.83. The van der Waals surface area contributed by atoms with E-state index in [0.717, 1.165) is 12.8 Å². The first-order chi connectivity index (χ1) is 18.5. The maximum absolute atomic E-state index is 11.9. The number of amides is 2. The van der Waals surface area contributed by atoms with Gasteiger partial charge in [-0.15, -0.1) is 0 Å². The van der Waals surface area contributed by atoms with Crippen molar-refractivity contribution in [3.05, 3.63) is 27.2 Å². The van der Waals surface area contributed by atoms with E-state index in [1.165, 1.54) is 14.2 Å². The number of fused-ring (bicyclic) bond motifs is 1. The summed E-state index contributed by atoms with van der Waals surface area (Å²) in [5.41, 5.74) is 1.24. The third kappa shape index (κ3) is 7.35.